The number of hydrogen-bond donors (Lipinski definition) is 0. The fraction of sp³-hybridized carbons (Fsp3) is 0.111. The molecule has 1 aliphatic heterocycles. The molecule has 63 valence electrons. The van der Waals surface area contributed by atoms with Crippen molar-refractivity contribution in [2.24, 2.45) is 0 Å². The SMILES string of the molecule is C1=Cc2ccccc2OC1.[Al].[Ni]. The maximum Gasteiger partial charge on any atom is 0.126 e. The molecule has 0 bridgehead atoms. The minimum Gasteiger partial charge on any atom is -0.489 e. The molecule has 0 fully saturated rings. The Bertz CT molecular complexity index is 273. The fourth-order valence-electron chi connectivity index (χ4n) is 1.06. The zero-order chi connectivity index (χ0) is 6.81. The molecule has 1 aliphatic rings. The van der Waals surface area contributed by atoms with E-state index in [0.29, 0.717) is 6.61 Å². The Morgan fingerprint density at radius 2 is 1.92 bits per heavy atom. The maximum absolute atomic E-state index is 5.34. The van der Waals surface area contributed by atoms with Gasteiger partial charge in [0.15, 0.2) is 0 Å². The Hall–Kier alpha value is -0.214. The third-order valence-electron chi connectivity index (χ3n) is 1.55. The average molecular weight is 218 g/mol. The second-order valence-electron chi connectivity index (χ2n) is 2.25. The van der Waals surface area contributed by atoms with Gasteiger partial charge in [0, 0.05) is 39.4 Å². The van der Waals surface area contributed by atoms with E-state index in [-0.39, 0.29) is 33.9 Å². The second kappa shape index (κ2) is 5.43. The van der Waals surface area contributed by atoms with Crippen LogP contribution in [0.5, 0.6) is 5.75 Å². The van der Waals surface area contributed by atoms with Crippen molar-refractivity contribution in [3.8, 4) is 5.75 Å². The largest absolute Gasteiger partial charge is 0.489 e. The summed E-state index contributed by atoms with van der Waals surface area (Å²) < 4.78 is 5.34. The summed E-state index contributed by atoms with van der Waals surface area (Å²) >= 11 is 0. The van der Waals surface area contributed by atoms with Crippen LogP contribution in [0.2, 0.25) is 0 Å². The van der Waals surface area contributed by atoms with Gasteiger partial charge in [0.1, 0.15) is 12.4 Å². The van der Waals surface area contributed by atoms with Crippen LogP contribution in [0.25, 0.3) is 6.08 Å². The van der Waals surface area contributed by atoms with E-state index < -0.39 is 0 Å². The first-order valence-electron chi connectivity index (χ1n) is 3.35. The first-order valence-corrected chi connectivity index (χ1v) is 3.35. The number of para-hydroxylation sites is 1. The van der Waals surface area contributed by atoms with Gasteiger partial charge in [-0.05, 0) is 12.1 Å². The molecule has 0 spiro atoms. The smallest absolute Gasteiger partial charge is 0.126 e. The quantitative estimate of drug-likeness (QED) is 0.602. The van der Waals surface area contributed by atoms with Crippen LogP contribution in [0, 0.1) is 0 Å². The normalized spacial score (nSPS) is 11.7. The van der Waals surface area contributed by atoms with Gasteiger partial charge in [-0.25, -0.2) is 0 Å². The van der Waals surface area contributed by atoms with E-state index in [1.807, 2.05) is 30.3 Å². The standard InChI is InChI=1S/C9H8O.Al.Ni/c1-2-6-9-8(4-1)5-3-7-10-9;;/h1-6H,7H2;;. The van der Waals surface area contributed by atoms with Gasteiger partial charge in [-0.15, -0.1) is 0 Å². The summed E-state index contributed by atoms with van der Waals surface area (Å²) in [6.45, 7) is 0.705. The maximum atomic E-state index is 5.34. The molecule has 0 saturated carbocycles. The van der Waals surface area contributed by atoms with Crippen molar-refractivity contribution in [3.05, 3.63) is 35.9 Å². The molecule has 0 aromatic heterocycles. The molecule has 1 heterocycles. The predicted octanol–water partition coefficient (Wildman–Crippen LogP) is 1.71. The van der Waals surface area contributed by atoms with Gasteiger partial charge < -0.3 is 4.74 Å². The van der Waals surface area contributed by atoms with Crippen molar-refractivity contribution in [1.29, 1.82) is 0 Å². The Kier molecular flexibility index (Phi) is 5.34. The van der Waals surface area contributed by atoms with Crippen LogP contribution in [0.1, 0.15) is 5.56 Å². The van der Waals surface area contributed by atoms with Gasteiger partial charge >= 0.3 is 0 Å². The first-order chi connectivity index (χ1) is 4.97. The molecule has 2 rings (SSSR count). The first kappa shape index (κ1) is 11.8. The molecule has 0 amide bonds. The van der Waals surface area contributed by atoms with Gasteiger partial charge in [0.05, 0.1) is 0 Å². The topological polar surface area (TPSA) is 9.23 Å². The molecule has 0 aliphatic carbocycles. The molecular formula is C9H8AlNiO. The summed E-state index contributed by atoms with van der Waals surface area (Å²) in [7, 11) is 0. The summed E-state index contributed by atoms with van der Waals surface area (Å²) in [5.74, 6) is 0.991. The van der Waals surface area contributed by atoms with Crippen LogP contribution in [-0.2, 0) is 16.5 Å². The molecule has 0 saturated heterocycles. The van der Waals surface area contributed by atoms with Crippen molar-refractivity contribution in [3.63, 3.8) is 0 Å². The van der Waals surface area contributed by atoms with Crippen LogP contribution in [0.3, 0.4) is 0 Å². The van der Waals surface area contributed by atoms with E-state index in [4.69, 9.17) is 4.74 Å². The molecule has 0 N–H and O–H groups in total. The van der Waals surface area contributed by atoms with Crippen LogP contribution in [-0.4, -0.2) is 24.0 Å². The molecule has 0 atom stereocenters. The molecule has 0 unspecified atom stereocenters. The molecule has 1 aromatic rings. The van der Waals surface area contributed by atoms with Crippen LogP contribution in [0.15, 0.2) is 30.3 Å². The Labute approximate surface area is 92.9 Å². The third kappa shape index (κ3) is 2.39. The predicted molar refractivity (Wildman–Crippen MR) is 46.7 cm³/mol. The summed E-state index contributed by atoms with van der Waals surface area (Å²) in [4.78, 5) is 0. The Morgan fingerprint density at radius 3 is 2.67 bits per heavy atom. The zero-order valence-electron chi connectivity index (χ0n) is 6.47. The minimum absolute atomic E-state index is 0. The van der Waals surface area contributed by atoms with Gasteiger partial charge in [0.2, 0.25) is 0 Å². The fourth-order valence-corrected chi connectivity index (χ4v) is 1.06. The van der Waals surface area contributed by atoms with E-state index in [2.05, 4.69) is 6.08 Å². The zero-order valence-corrected chi connectivity index (χ0v) is 8.62. The van der Waals surface area contributed by atoms with Gasteiger partial charge in [-0.1, -0.05) is 24.3 Å². The summed E-state index contributed by atoms with van der Waals surface area (Å²) in [5, 5.41) is 0. The summed E-state index contributed by atoms with van der Waals surface area (Å²) in [5.41, 5.74) is 1.17. The van der Waals surface area contributed by atoms with E-state index >= 15 is 0 Å². The number of rotatable bonds is 0. The third-order valence-corrected chi connectivity index (χ3v) is 1.55. The van der Waals surface area contributed by atoms with Crippen LogP contribution in [0.4, 0.5) is 0 Å². The van der Waals surface area contributed by atoms with Crippen LogP contribution < -0.4 is 4.74 Å². The van der Waals surface area contributed by atoms with E-state index in [0.717, 1.165) is 5.75 Å². The summed E-state index contributed by atoms with van der Waals surface area (Å²) in [6.07, 6.45) is 4.10. The minimum atomic E-state index is 0. The molecule has 3 heteroatoms. The molecule has 3 radical (unpaired) electrons. The molecule has 1 aromatic carbocycles. The Balaban J connectivity index is 0.000000605. The van der Waals surface area contributed by atoms with Crippen molar-refractivity contribution in [1.82, 2.24) is 0 Å². The van der Waals surface area contributed by atoms with Crippen molar-refractivity contribution < 1.29 is 21.2 Å². The summed E-state index contributed by atoms with van der Waals surface area (Å²) in [6, 6.07) is 8.03. The van der Waals surface area contributed by atoms with Gasteiger partial charge in [0.25, 0.3) is 0 Å². The van der Waals surface area contributed by atoms with Crippen molar-refractivity contribution >= 4 is 23.4 Å². The van der Waals surface area contributed by atoms with E-state index in [1.54, 1.807) is 0 Å². The number of benzene rings is 1. The van der Waals surface area contributed by atoms with Gasteiger partial charge in [-0.2, -0.15) is 0 Å². The molecular weight excluding hydrogens is 210 g/mol. The van der Waals surface area contributed by atoms with E-state index in [9.17, 15) is 0 Å². The second-order valence-corrected chi connectivity index (χ2v) is 2.25. The van der Waals surface area contributed by atoms with Gasteiger partial charge in [-0.3, -0.25) is 0 Å². The Morgan fingerprint density at radius 1 is 1.17 bits per heavy atom. The van der Waals surface area contributed by atoms with Crippen LogP contribution >= 0.6 is 0 Å². The van der Waals surface area contributed by atoms with E-state index in [1.165, 1.54) is 5.56 Å². The number of ether oxygens (including phenoxy) is 1. The van der Waals surface area contributed by atoms with Crippen molar-refractivity contribution in [2.75, 3.05) is 6.61 Å². The molecule has 12 heavy (non-hydrogen) atoms. The number of fused-ring (bicyclic) bond motifs is 1. The average Bonchev–Trinajstić information content (AvgIpc) is 2.05. The monoisotopic (exact) mass is 217 g/mol. The van der Waals surface area contributed by atoms with Crippen molar-refractivity contribution in [2.45, 2.75) is 0 Å². The molecule has 1 nitrogen and oxygen atoms in total. The number of hydrogen-bond acceptors (Lipinski definition) is 1.